The van der Waals surface area contributed by atoms with Crippen LogP contribution < -0.4 is 0 Å². The van der Waals surface area contributed by atoms with E-state index in [1.165, 1.54) is 6.07 Å². The first kappa shape index (κ1) is 9.13. The Balaban J connectivity index is 2.91. The van der Waals surface area contributed by atoms with Gasteiger partial charge in [-0.1, -0.05) is 23.8 Å². The van der Waals surface area contributed by atoms with Gasteiger partial charge in [-0.05, 0) is 36.2 Å². The molecule has 0 fully saturated rings. The van der Waals surface area contributed by atoms with Crippen LogP contribution in [-0.2, 0) is 0 Å². The second kappa shape index (κ2) is 3.05. The van der Waals surface area contributed by atoms with Gasteiger partial charge in [-0.3, -0.25) is 0 Å². The molecule has 0 nitrogen and oxygen atoms in total. The van der Waals surface area contributed by atoms with Gasteiger partial charge in [-0.15, -0.1) is 0 Å². The highest BCUT2D eigenvalue weighted by Crippen LogP contribution is 2.24. The number of aryl methyl sites for hydroxylation is 2. The lowest BCUT2D eigenvalue weighted by Gasteiger charge is -2.05. The molecule has 2 aromatic carbocycles. The predicted octanol–water partition coefficient (Wildman–Crippen LogP) is 3.73. The molecular formula is C12H10F2. The lowest BCUT2D eigenvalue weighted by molar-refractivity contribution is 0.506. The third-order valence-corrected chi connectivity index (χ3v) is 2.43. The van der Waals surface area contributed by atoms with Gasteiger partial charge in [-0.2, -0.15) is 0 Å². The van der Waals surface area contributed by atoms with Crippen molar-refractivity contribution >= 4 is 10.8 Å². The quantitative estimate of drug-likeness (QED) is 0.596. The van der Waals surface area contributed by atoms with Crippen LogP contribution in [0.3, 0.4) is 0 Å². The summed E-state index contributed by atoms with van der Waals surface area (Å²) in [6.45, 7) is 3.52. The van der Waals surface area contributed by atoms with Gasteiger partial charge >= 0.3 is 0 Å². The monoisotopic (exact) mass is 192 g/mol. The molecule has 0 aromatic heterocycles. The first-order chi connectivity index (χ1) is 6.59. The standard InChI is InChI=1S/C12H10F2/c1-7-3-4-10-8(2)12(14)11(13)6-9(10)5-7/h3-6H,1-2H3. The summed E-state index contributed by atoms with van der Waals surface area (Å²) < 4.78 is 26.3. The van der Waals surface area contributed by atoms with E-state index in [1.54, 1.807) is 6.92 Å². The highest BCUT2D eigenvalue weighted by atomic mass is 19.2. The number of benzene rings is 2. The van der Waals surface area contributed by atoms with Crippen LogP contribution in [0.25, 0.3) is 10.8 Å². The highest BCUT2D eigenvalue weighted by Gasteiger charge is 2.09. The smallest absolute Gasteiger partial charge is 0.162 e. The van der Waals surface area contributed by atoms with Crippen molar-refractivity contribution in [1.82, 2.24) is 0 Å². The fourth-order valence-corrected chi connectivity index (χ4v) is 1.64. The predicted molar refractivity (Wildman–Crippen MR) is 53.3 cm³/mol. The van der Waals surface area contributed by atoms with Gasteiger partial charge in [0.1, 0.15) is 0 Å². The number of hydrogen-bond donors (Lipinski definition) is 0. The molecule has 0 radical (unpaired) electrons. The average molecular weight is 192 g/mol. The van der Waals surface area contributed by atoms with E-state index < -0.39 is 11.6 Å². The molecule has 14 heavy (non-hydrogen) atoms. The van der Waals surface area contributed by atoms with Gasteiger partial charge in [0.05, 0.1) is 0 Å². The molecule has 2 rings (SSSR count). The average Bonchev–Trinajstić information content (AvgIpc) is 2.14. The van der Waals surface area contributed by atoms with Crippen LogP contribution in [0.1, 0.15) is 11.1 Å². The summed E-state index contributed by atoms with van der Waals surface area (Å²) in [5.74, 6) is -1.53. The van der Waals surface area contributed by atoms with Crippen molar-refractivity contribution in [3.05, 3.63) is 47.0 Å². The Morgan fingerprint density at radius 1 is 1.00 bits per heavy atom. The van der Waals surface area contributed by atoms with E-state index in [4.69, 9.17) is 0 Å². The molecule has 0 atom stereocenters. The third kappa shape index (κ3) is 1.27. The van der Waals surface area contributed by atoms with Crippen molar-refractivity contribution in [1.29, 1.82) is 0 Å². The zero-order chi connectivity index (χ0) is 10.3. The molecule has 0 aliphatic heterocycles. The van der Waals surface area contributed by atoms with Crippen LogP contribution in [0, 0.1) is 25.5 Å². The summed E-state index contributed by atoms with van der Waals surface area (Å²) in [5, 5.41) is 1.52. The molecule has 72 valence electrons. The molecule has 0 saturated heterocycles. The second-order valence-electron chi connectivity index (χ2n) is 3.52. The summed E-state index contributed by atoms with van der Waals surface area (Å²) in [4.78, 5) is 0. The lowest BCUT2D eigenvalue weighted by Crippen LogP contribution is -1.91. The van der Waals surface area contributed by atoms with Crippen molar-refractivity contribution in [2.45, 2.75) is 13.8 Å². The van der Waals surface area contributed by atoms with Gasteiger partial charge < -0.3 is 0 Å². The number of hydrogen-bond acceptors (Lipinski definition) is 0. The number of halogens is 2. The van der Waals surface area contributed by atoms with Crippen molar-refractivity contribution in [3.63, 3.8) is 0 Å². The Bertz CT molecular complexity index is 501. The van der Waals surface area contributed by atoms with Crippen molar-refractivity contribution in [3.8, 4) is 0 Å². The number of rotatable bonds is 0. The van der Waals surface area contributed by atoms with Crippen LogP contribution in [0.5, 0.6) is 0 Å². The van der Waals surface area contributed by atoms with E-state index in [0.29, 0.717) is 5.56 Å². The van der Waals surface area contributed by atoms with Crippen molar-refractivity contribution in [2.75, 3.05) is 0 Å². The molecule has 0 bridgehead atoms. The molecule has 0 amide bonds. The highest BCUT2D eigenvalue weighted by molar-refractivity contribution is 5.86. The van der Waals surface area contributed by atoms with Crippen LogP contribution >= 0.6 is 0 Å². The molecule has 2 heteroatoms. The Kier molecular flexibility index (Phi) is 1.99. The molecule has 0 heterocycles. The summed E-state index contributed by atoms with van der Waals surface area (Å²) in [7, 11) is 0. The normalized spacial score (nSPS) is 10.9. The Labute approximate surface area is 81.2 Å². The molecule has 0 unspecified atom stereocenters. The van der Waals surface area contributed by atoms with Crippen molar-refractivity contribution < 1.29 is 8.78 Å². The van der Waals surface area contributed by atoms with Gasteiger partial charge in [0, 0.05) is 0 Å². The minimum atomic E-state index is -0.777. The molecule has 0 N–H and O–H groups in total. The third-order valence-electron chi connectivity index (χ3n) is 2.43. The largest absolute Gasteiger partial charge is 0.204 e. The van der Waals surface area contributed by atoms with Crippen LogP contribution in [0.2, 0.25) is 0 Å². The Hall–Kier alpha value is -1.44. The first-order valence-corrected chi connectivity index (χ1v) is 4.44. The maximum atomic E-state index is 13.2. The molecular weight excluding hydrogens is 182 g/mol. The van der Waals surface area contributed by atoms with Gasteiger partial charge in [0.2, 0.25) is 0 Å². The van der Waals surface area contributed by atoms with E-state index in [9.17, 15) is 8.78 Å². The van der Waals surface area contributed by atoms with E-state index in [2.05, 4.69) is 0 Å². The Morgan fingerprint density at radius 3 is 2.43 bits per heavy atom. The van der Waals surface area contributed by atoms with Crippen LogP contribution in [-0.4, -0.2) is 0 Å². The van der Waals surface area contributed by atoms with Gasteiger partial charge in [-0.25, -0.2) is 8.78 Å². The number of fused-ring (bicyclic) bond motifs is 1. The van der Waals surface area contributed by atoms with E-state index in [-0.39, 0.29) is 0 Å². The van der Waals surface area contributed by atoms with E-state index in [0.717, 1.165) is 16.3 Å². The molecule has 0 aliphatic carbocycles. The second-order valence-corrected chi connectivity index (χ2v) is 3.52. The lowest BCUT2D eigenvalue weighted by atomic mass is 10.0. The molecule has 0 aliphatic rings. The van der Waals surface area contributed by atoms with Crippen molar-refractivity contribution in [2.24, 2.45) is 0 Å². The summed E-state index contributed by atoms with van der Waals surface area (Å²) in [6.07, 6.45) is 0. The topological polar surface area (TPSA) is 0 Å². The minimum absolute atomic E-state index is 0.375. The fourth-order valence-electron chi connectivity index (χ4n) is 1.64. The van der Waals surface area contributed by atoms with Crippen LogP contribution in [0.4, 0.5) is 8.78 Å². The maximum absolute atomic E-state index is 13.2. The van der Waals surface area contributed by atoms with Gasteiger partial charge in [0.15, 0.2) is 11.6 Å². The molecule has 2 aromatic rings. The fraction of sp³-hybridized carbons (Fsp3) is 0.167. The molecule has 0 spiro atoms. The Morgan fingerprint density at radius 2 is 1.71 bits per heavy atom. The zero-order valence-corrected chi connectivity index (χ0v) is 8.07. The minimum Gasteiger partial charge on any atom is -0.204 e. The van der Waals surface area contributed by atoms with E-state index in [1.807, 2.05) is 25.1 Å². The summed E-state index contributed by atoms with van der Waals surface area (Å²) >= 11 is 0. The summed E-state index contributed by atoms with van der Waals surface area (Å²) in [5.41, 5.74) is 1.42. The SMILES string of the molecule is Cc1ccc2c(C)c(F)c(F)cc2c1. The first-order valence-electron chi connectivity index (χ1n) is 4.44. The maximum Gasteiger partial charge on any atom is 0.162 e. The molecule has 0 saturated carbocycles. The zero-order valence-electron chi connectivity index (χ0n) is 8.07. The summed E-state index contributed by atoms with van der Waals surface area (Å²) in [6, 6.07) is 6.81. The van der Waals surface area contributed by atoms with Crippen LogP contribution in [0.15, 0.2) is 24.3 Å². The van der Waals surface area contributed by atoms with E-state index >= 15 is 0 Å². The van der Waals surface area contributed by atoms with Gasteiger partial charge in [0.25, 0.3) is 0 Å².